The molecule has 1 aromatic rings. The molecule has 0 radical (unpaired) electrons. The molecule has 0 aliphatic carbocycles. The lowest BCUT2D eigenvalue weighted by atomic mass is 10.00. The van der Waals surface area contributed by atoms with Crippen molar-refractivity contribution in [2.24, 2.45) is 5.16 Å². The lowest BCUT2D eigenvalue weighted by Gasteiger charge is -2.26. The summed E-state index contributed by atoms with van der Waals surface area (Å²) in [5, 5.41) is 24.3. The van der Waals surface area contributed by atoms with Crippen LogP contribution in [0.5, 0.6) is 11.5 Å². The third kappa shape index (κ3) is 6.84. The lowest BCUT2D eigenvalue weighted by Crippen LogP contribution is -2.42. The molecule has 1 saturated heterocycles. The number of nitrogens with zero attached hydrogens (tertiary/aromatic N) is 2. The minimum Gasteiger partial charge on any atom is -0.508 e. The maximum Gasteiger partial charge on any atom is 0.342 e. The number of oxime groups is 1. The van der Waals surface area contributed by atoms with E-state index in [1.807, 2.05) is 18.2 Å². The summed E-state index contributed by atoms with van der Waals surface area (Å²) in [5.41, 5.74) is 0.737. The number of phenolic OH excluding ortho intramolecular Hbond substituents is 2. The molecule has 9 nitrogen and oxygen atoms in total. The van der Waals surface area contributed by atoms with Crippen molar-refractivity contribution >= 4 is 17.6 Å². The number of allylic oxidation sites excluding steroid dienone is 3. The van der Waals surface area contributed by atoms with Gasteiger partial charge in [0.05, 0.1) is 25.5 Å². The van der Waals surface area contributed by atoms with Crippen molar-refractivity contribution in [3.63, 3.8) is 0 Å². The summed E-state index contributed by atoms with van der Waals surface area (Å²) in [6.07, 6.45) is 9.83. The van der Waals surface area contributed by atoms with Crippen molar-refractivity contribution in [3.8, 4) is 11.5 Å². The van der Waals surface area contributed by atoms with E-state index < -0.39 is 5.97 Å². The molecule has 2 aliphatic heterocycles. The van der Waals surface area contributed by atoms with Crippen molar-refractivity contribution in [3.05, 3.63) is 47.6 Å². The van der Waals surface area contributed by atoms with Crippen LogP contribution in [0, 0.1) is 0 Å². The van der Waals surface area contributed by atoms with Crippen molar-refractivity contribution in [2.75, 3.05) is 39.5 Å². The van der Waals surface area contributed by atoms with Gasteiger partial charge in [0.25, 0.3) is 5.91 Å². The summed E-state index contributed by atoms with van der Waals surface area (Å²) in [7, 11) is 0. The van der Waals surface area contributed by atoms with E-state index in [0.29, 0.717) is 44.0 Å². The number of phenols is 2. The second-order valence-electron chi connectivity index (χ2n) is 7.40. The first-order valence-electron chi connectivity index (χ1n) is 10.6. The standard InChI is InChI=1S/C23H28N2O7/c26-19-14-17-13-18(24-32-16-21(28)25-8-11-30-12-9-25)7-5-3-1-2-4-6-10-31-23(29)22(17)20(27)15-19/h2,4-5,7,14-15,26-27H,1,3,6,8-13,16H2. The van der Waals surface area contributed by atoms with Crippen LogP contribution in [0.2, 0.25) is 0 Å². The number of rotatable bonds is 3. The molecule has 0 aromatic heterocycles. The zero-order chi connectivity index (χ0) is 22.8. The molecule has 2 N–H and O–H groups in total. The first kappa shape index (κ1) is 23.3. The van der Waals surface area contributed by atoms with Gasteiger partial charge in [-0.15, -0.1) is 0 Å². The molecular weight excluding hydrogens is 416 g/mol. The van der Waals surface area contributed by atoms with Crippen LogP contribution in [0.1, 0.15) is 35.2 Å². The molecule has 0 unspecified atom stereocenters. The Bertz CT molecular complexity index is 902. The van der Waals surface area contributed by atoms with Crippen LogP contribution in [-0.4, -0.2) is 72.2 Å². The molecule has 1 amide bonds. The Balaban J connectivity index is 1.80. The zero-order valence-corrected chi connectivity index (χ0v) is 17.9. The number of hydrogen-bond acceptors (Lipinski definition) is 8. The maximum absolute atomic E-state index is 12.6. The number of carbonyl (C=O) groups excluding carboxylic acids is 2. The van der Waals surface area contributed by atoms with Gasteiger partial charge >= 0.3 is 5.97 Å². The molecular formula is C23H28N2O7. The predicted octanol–water partition coefficient (Wildman–Crippen LogP) is 2.32. The average Bonchev–Trinajstić information content (AvgIpc) is 2.77. The van der Waals surface area contributed by atoms with E-state index in [1.165, 1.54) is 6.07 Å². The van der Waals surface area contributed by atoms with E-state index >= 15 is 0 Å². The normalized spacial score (nSPS) is 19.2. The van der Waals surface area contributed by atoms with Gasteiger partial charge in [0, 0.05) is 25.6 Å². The van der Waals surface area contributed by atoms with Gasteiger partial charge < -0.3 is 29.4 Å². The molecule has 0 bridgehead atoms. The lowest BCUT2D eigenvalue weighted by molar-refractivity contribution is -0.140. The second kappa shape index (κ2) is 11.9. The van der Waals surface area contributed by atoms with Gasteiger partial charge in [-0.3, -0.25) is 4.79 Å². The summed E-state index contributed by atoms with van der Waals surface area (Å²) < 4.78 is 10.5. The molecule has 9 heteroatoms. The topological polar surface area (TPSA) is 118 Å². The number of benzene rings is 1. The number of cyclic esters (lactones) is 1. The van der Waals surface area contributed by atoms with Gasteiger partial charge in [-0.1, -0.05) is 23.4 Å². The highest BCUT2D eigenvalue weighted by atomic mass is 16.6. The van der Waals surface area contributed by atoms with E-state index in [2.05, 4.69) is 5.16 Å². The highest BCUT2D eigenvalue weighted by Gasteiger charge is 2.21. The Morgan fingerprint density at radius 1 is 1.06 bits per heavy atom. The number of ether oxygens (including phenoxy) is 2. The molecule has 3 rings (SSSR count). The number of aromatic hydroxyl groups is 2. The van der Waals surface area contributed by atoms with Gasteiger partial charge in [0.15, 0.2) is 6.61 Å². The fourth-order valence-corrected chi connectivity index (χ4v) is 3.37. The SMILES string of the molecule is O=C1OCCC=CCCC=CC(=NOCC(=O)N2CCOCC2)Cc2cc(O)cc(O)c21. The van der Waals surface area contributed by atoms with E-state index in [-0.39, 0.29) is 42.6 Å². The summed E-state index contributed by atoms with van der Waals surface area (Å²) >= 11 is 0. The molecule has 0 saturated carbocycles. The van der Waals surface area contributed by atoms with E-state index in [9.17, 15) is 19.8 Å². The first-order valence-corrected chi connectivity index (χ1v) is 10.6. The van der Waals surface area contributed by atoms with Crippen LogP contribution in [0.15, 0.2) is 41.6 Å². The second-order valence-corrected chi connectivity index (χ2v) is 7.40. The van der Waals surface area contributed by atoms with Crippen LogP contribution in [0.4, 0.5) is 0 Å². The van der Waals surface area contributed by atoms with Crippen LogP contribution >= 0.6 is 0 Å². The van der Waals surface area contributed by atoms with E-state index in [1.54, 1.807) is 11.0 Å². The van der Waals surface area contributed by atoms with Crippen LogP contribution < -0.4 is 0 Å². The molecule has 0 spiro atoms. The highest BCUT2D eigenvalue weighted by molar-refractivity contribution is 6.00. The Morgan fingerprint density at radius 2 is 1.81 bits per heavy atom. The molecule has 1 aromatic carbocycles. The summed E-state index contributed by atoms with van der Waals surface area (Å²) in [5.74, 6) is -1.44. The van der Waals surface area contributed by atoms with Crippen molar-refractivity contribution in [2.45, 2.75) is 25.7 Å². The smallest absolute Gasteiger partial charge is 0.342 e. The minimum absolute atomic E-state index is 0.0330. The van der Waals surface area contributed by atoms with Crippen LogP contribution in [0.3, 0.4) is 0 Å². The number of amides is 1. The highest BCUT2D eigenvalue weighted by Crippen LogP contribution is 2.29. The average molecular weight is 444 g/mol. The van der Waals surface area contributed by atoms with Gasteiger partial charge in [0.1, 0.15) is 17.1 Å². The first-order chi connectivity index (χ1) is 15.5. The number of hydrogen-bond donors (Lipinski definition) is 2. The fourth-order valence-electron chi connectivity index (χ4n) is 3.37. The van der Waals surface area contributed by atoms with Crippen molar-refractivity contribution in [1.29, 1.82) is 0 Å². The molecule has 172 valence electrons. The molecule has 2 heterocycles. The monoisotopic (exact) mass is 444 g/mol. The van der Waals surface area contributed by atoms with Gasteiger partial charge in [-0.25, -0.2) is 4.79 Å². The minimum atomic E-state index is -0.685. The Labute approximate surface area is 186 Å². The number of fused-ring (bicyclic) bond motifs is 1. The zero-order valence-electron chi connectivity index (χ0n) is 17.9. The Morgan fingerprint density at radius 3 is 2.62 bits per heavy atom. The molecule has 1 fully saturated rings. The number of carbonyl (C=O) groups is 2. The molecule has 2 aliphatic rings. The third-order valence-electron chi connectivity index (χ3n) is 4.99. The van der Waals surface area contributed by atoms with Gasteiger partial charge in [0.2, 0.25) is 0 Å². The maximum atomic E-state index is 12.6. The summed E-state index contributed by atoms with van der Waals surface area (Å²) in [4.78, 5) is 31.8. The van der Waals surface area contributed by atoms with E-state index in [0.717, 1.165) is 18.9 Å². The fraction of sp³-hybridized carbons (Fsp3) is 0.435. The Hall–Kier alpha value is -3.33. The van der Waals surface area contributed by atoms with Crippen LogP contribution in [-0.2, 0) is 25.5 Å². The van der Waals surface area contributed by atoms with E-state index in [4.69, 9.17) is 14.3 Å². The van der Waals surface area contributed by atoms with Crippen molar-refractivity contribution < 1.29 is 34.1 Å². The Kier molecular flexibility index (Phi) is 8.68. The summed E-state index contributed by atoms with van der Waals surface area (Å²) in [6, 6.07) is 2.47. The van der Waals surface area contributed by atoms with Gasteiger partial charge in [-0.05, 0) is 37.0 Å². The predicted molar refractivity (Wildman–Crippen MR) is 117 cm³/mol. The van der Waals surface area contributed by atoms with Crippen molar-refractivity contribution in [1.82, 2.24) is 4.90 Å². The number of morpholine rings is 1. The summed E-state index contributed by atoms with van der Waals surface area (Å²) in [6.45, 7) is 1.98. The largest absolute Gasteiger partial charge is 0.508 e. The van der Waals surface area contributed by atoms with Crippen LogP contribution in [0.25, 0.3) is 0 Å². The number of esters is 1. The third-order valence-corrected chi connectivity index (χ3v) is 4.99. The quantitative estimate of drug-likeness (QED) is 0.417. The van der Waals surface area contributed by atoms with Gasteiger partial charge in [-0.2, -0.15) is 0 Å². The molecule has 0 atom stereocenters. The molecule has 32 heavy (non-hydrogen) atoms.